The fourth-order valence-electron chi connectivity index (χ4n) is 3.24. The van der Waals surface area contributed by atoms with Crippen molar-refractivity contribution >= 4 is 18.0 Å². The molecule has 1 aromatic carbocycles. The van der Waals surface area contributed by atoms with E-state index in [0.717, 1.165) is 5.56 Å². The molecule has 1 aromatic rings. The summed E-state index contributed by atoms with van der Waals surface area (Å²) in [6.07, 6.45) is -0.225. The van der Waals surface area contributed by atoms with Crippen LogP contribution in [0, 0.1) is 5.41 Å². The number of rotatable bonds is 6. The van der Waals surface area contributed by atoms with E-state index in [1.165, 1.54) is 0 Å². The van der Waals surface area contributed by atoms with Crippen molar-refractivity contribution in [1.29, 1.82) is 0 Å². The number of carbonyl (C=O) groups excluding carboxylic acids is 3. The highest BCUT2D eigenvalue weighted by Crippen LogP contribution is 2.21. The summed E-state index contributed by atoms with van der Waals surface area (Å²) in [5.74, 6) is -0.664. The van der Waals surface area contributed by atoms with Crippen molar-refractivity contribution in [3.8, 4) is 0 Å². The topological polar surface area (TPSA) is 106 Å². The number of hydrogen-bond donors (Lipinski definition) is 3. The van der Waals surface area contributed by atoms with E-state index < -0.39 is 29.2 Å². The van der Waals surface area contributed by atoms with Gasteiger partial charge in [0.25, 0.3) is 0 Å². The predicted octanol–water partition coefficient (Wildman–Crippen LogP) is 2.52. The quantitative estimate of drug-likeness (QED) is 0.596. The lowest BCUT2D eigenvalue weighted by atomic mass is 9.86. The second kappa shape index (κ2) is 10.1. The number of nitrogens with one attached hydrogen (secondary N) is 3. The van der Waals surface area contributed by atoms with E-state index in [-0.39, 0.29) is 24.5 Å². The summed E-state index contributed by atoms with van der Waals surface area (Å²) in [6.45, 7) is 11.5. The monoisotopic (exact) mass is 433 g/mol. The highest BCUT2D eigenvalue weighted by molar-refractivity contribution is 5.87. The van der Waals surface area contributed by atoms with Crippen LogP contribution in [0.3, 0.4) is 0 Å². The van der Waals surface area contributed by atoms with Crippen LogP contribution < -0.4 is 16.0 Å². The van der Waals surface area contributed by atoms with Crippen molar-refractivity contribution in [2.75, 3.05) is 6.54 Å². The van der Waals surface area contributed by atoms with Crippen molar-refractivity contribution in [1.82, 2.24) is 16.0 Å². The van der Waals surface area contributed by atoms with Crippen molar-refractivity contribution in [3.05, 3.63) is 35.9 Å². The van der Waals surface area contributed by atoms with E-state index >= 15 is 0 Å². The van der Waals surface area contributed by atoms with E-state index in [4.69, 9.17) is 9.47 Å². The normalized spacial score (nSPS) is 19.9. The molecule has 1 saturated heterocycles. The van der Waals surface area contributed by atoms with E-state index in [1.54, 1.807) is 20.8 Å². The summed E-state index contributed by atoms with van der Waals surface area (Å²) in [5.41, 5.74) is -0.271. The largest absolute Gasteiger partial charge is 0.460 e. The van der Waals surface area contributed by atoms with Gasteiger partial charge in [-0.3, -0.25) is 9.59 Å². The maximum Gasteiger partial charge on any atom is 0.408 e. The first-order chi connectivity index (χ1) is 14.3. The van der Waals surface area contributed by atoms with Gasteiger partial charge in [0.15, 0.2) is 0 Å². The van der Waals surface area contributed by atoms with Gasteiger partial charge < -0.3 is 25.4 Å². The lowest BCUT2D eigenvalue weighted by molar-refractivity contribution is -0.147. The van der Waals surface area contributed by atoms with Crippen molar-refractivity contribution in [2.24, 2.45) is 5.41 Å². The van der Waals surface area contributed by atoms with Crippen LogP contribution in [0.15, 0.2) is 30.3 Å². The fourth-order valence-corrected chi connectivity index (χ4v) is 3.24. The Morgan fingerprint density at radius 1 is 1.10 bits per heavy atom. The second-order valence-corrected chi connectivity index (χ2v) is 9.94. The number of hydrogen-bond acceptors (Lipinski definition) is 6. The van der Waals surface area contributed by atoms with Crippen LogP contribution in [0.4, 0.5) is 4.79 Å². The summed E-state index contributed by atoms with van der Waals surface area (Å²) in [4.78, 5) is 37.5. The van der Waals surface area contributed by atoms with Crippen LogP contribution in [-0.4, -0.2) is 48.2 Å². The molecule has 2 rings (SSSR count). The molecule has 0 bridgehead atoms. The number of benzene rings is 1. The van der Waals surface area contributed by atoms with Crippen molar-refractivity contribution in [3.63, 3.8) is 0 Å². The Kier molecular flexibility index (Phi) is 8.06. The molecule has 0 aromatic heterocycles. The van der Waals surface area contributed by atoms with Crippen LogP contribution in [0.25, 0.3) is 0 Å². The van der Waals surface area contributed by atoms with Crippen LogP contribution in [0.5, 0.6) is 0 Å². The van der Waals surface area contributed by atoms with E-state index in [9.17, 15) is 14.4 Å². The molecule has 0 aliphatic carbocycles. The highest BCUT2D eigenvalue weighted by Gasteiger charge is 2.37. The second-order valence-electron chi connectivity index (χ2n) is 9.94. The van der Waals surface area contributed by atoms with Gasteiger partial charge in [0, 0.05) is 12.6 Å². The van der Waals surface area contributed by atoms with Crippen molar-refractivity contribution in [2.45, 2.75) is 78.3 Å². The van der Waals surface area contributed by atoms with Gasteiger partial charge in [-0.2, -0.15) is 0 Å². The summed E-state index contributed by atoms with van der Waals surface area (Å²) < 4.78 is 10.7. The molecular formula is C23H35N3O5. The Morgan fingerprint density at radius 2 is 1.74 bits per heavy atom. The first-order valence-electron chi connectivity index (χ1n) is 10.6. The van der Waals surface area contributed by atoms with Crippen LogP contribution in [-0.2, 0) is 25.7 Å². The predicted molar refractivity (Wildman–Crippen MR) is 117 cm³/mol. The smallest absolute Gasteiger partial charge is 0.408 e. The van der Waals surface area contributed by atoms with Gasteiger partial charge in [0.1, 0.15) is 24.3 Å². The average Bonchev–Trinajstić information content (AvgIpc) is 3.11. The van der Waals surface area contributed by atoms with Crippen LogP contribution in [0.2, 0.25) is 0 Å². The lowest BCUT2D eigenvalue weighted by Gasteiger charge is -2.32. The molecule has 1 aliphatic rings. The molecule has 172 valence electrons. The number of ether oxygens (including phenoxy) is 2. The molecule has 3 atom stereocenters. The van der Waals surface area contributed by atoms with E-state index in [0.29, 0.717) is 13.0 Å². The minimum absolute atomic E-state index is 0.209. The summed E-state index contributed by atoms with van der Waals surface area (Å²) in [7, 11) is 0. The van der Waals surface area contributed by atoms with Crippen molar-refractivity contribution < 1.29 is 23.9 Å². The third-order valence-electron chi connectivity index (χ3n) is 4.77. The first-order valence-corrected chi connectivity index (χ1v) is 10.6. The molecule has 3 unspecified atom stereocenters. The maximum atomic E-state index is 12.9. The zero-order valence-corrected chi connectivity index (χ0v) is 19.3. The zero-order chi connectivity index (χ0) is 23.2. The van der Waals surface area contributed by atoms with Gasteiger partial charge in [-0.25, -0.2) is 4.79 Å². The molecule has 0 saturated carbocycles. The van der Waals surface area contributed by atoms with E-state index in [1.807, 2.05) is 51.1 Å². The lowest BCUT2D eigenvalue weighted by Crippen LogP contribution is -2.56. The van der Waals surface area contributed by atoms with Crippen LogP contribution >= 0.6 is 0 Å². The molecule has 2 amide bonds. The molecule has 31 heavy (non-hydrogen) atoms. The average molecular weight is 434 g/mol. The molecule has 1 heterocycles. The minimum atomic E-state index is -0.786. The molecule has 1 fully saturated rings. The number of carbonyl (C=O) groups is 3. The number of esters is 1. The Hall–Kier alpha value is -2.61. The Bertz CT molecular complexity index is 768. The first kappa shape index (κ1) is 24.7. The highest BCUT2D eigenvalue weighted by atomic mass is 16.6. The molecule has 1 aliphatic heterocycles. The number of amides is 2. The molecule has 8 nitrogen and oxygen atoms in total. The SMILES string of the molecule is CC(C)(C)OC(=O)NC(C(=O)NC1CNC(C(=O)OCc2ccccc2)C1)C(C)(C)C. The summed E-state index contributed by atoms with van der Waals surface area (Å²) in [6, 6.07) is 7.95. The van der Waals surface area contributed by atoms with Gasteiger partial charge in [-0.1, -0.05) is 51.1 Å². The van der Waals surface area contributed by atoms with E-state index in [2.05, 4.69) is 16.0 Å². The maximum absolute atomic E-state index is 12.9. The molecule has 8 heteroatoms. The third-order valence-corrected chi connectivity index (χ3v) is 4.77. The van der Waals surface area contributed by atoms with Crippen LogP contribution in [0.1, 0.15) is 53.5 Å². The molecule has 0 spiro atoms. The van der Waals surface area contributed by atoms with Gasteiger partial charge in [0.05, 0.1) is 0 Å². The fraction of sp³-hybridized carbons (Fsp3) is 0.609. The molecule has 0 radical (unpaired) electrons. The molecule has 3 N–H and O–H groups in total. The number of alkyl carbamates (subject to hydrolysis) is 1. The summed E-state index contributed by atoms with van der Waals surface area (Å²) >= 11 is 0. The van der Waals surface area contributed by atoms with Gasteiger partial charge in [-0.15, -0.1) is 0 Å². The molecular weight excluding hydrogens is 398 g/mol. The minimum Gasteiger partial charge on any atom is -0.460 e. The third kappa shape index (κ3) is 8.20. The van der Waals surface area contributed by atoms with Gasteiger partial charge in [-0.05, 0) is 38.2 Å². The van der Waals surface area contributed by atoms with Gasteiger partial charge in [0.2, 0.25) is 5.91 Å². The Balaban J connectivity index is 1.88. The Labute approximate surface area is 184 Å². The zero-order valence-electron chi connectivity index (χ0n) is 19.3. The Morgan fingerprint density at radius 3 is 2.32 bits per heavy atom. The summed E-state index contributed by atoms with van der Waals surface area (Å²) in [5, 5.41) is 8.70. The standard InChI is InChI=1S/C23H35N3O5/c1-22(2,3)18(26-21(29)31-23(4,5)6)19(27)25-16-12-17(24-13-16)20(28)30-14-15-10-8-7-9-11-15/h7-11,16-18,24H,12-14H2,1-6H3,(H,25,27)(H,26,29). The van der Waals surface area contributed by atoms with Gasteiger partial charge >= 0.3 is 12.1 Å².